The van der Waals surface area contributed by atoms with Crippen molar-refractivity contribution in [3.8, 4) is 5.75 Å². The van der Waals surface area contributed by atoms with Crippen molar-refractivity contribution in [2.75, 3.05) is 13.2 Å². The minimum Gasteiger partial charge on any atom is -0.484 e. The molecular formula is C20H23ClF3N3O3. The third-order valence-electron chi connectivity index (χ3n) is 6.21. The van der Waals surface area contributed by atoms with Gasteiger partial charge in [0.25, 0.3) is 5.91 Å². The van der Waals surface area contributed by atoms with Crippen molar-refractivity contribution in [3.05, 3.63) is 29.0 Å². The SMILES string of the molecule is O=C(COc1ccc(Cl)c(F)c1)NC12CC(NC(=O)C3CCC(C(F)F)CN3)(C1)C2. The summed E-state index contributed by atoms with van der Waals surface area (Å²) in [6, 6.07) is 3.50. The molecule has 1 heterocycles. The summed E-state index contributed by atoms with van der Waals surface area (Å²) >= 11 is 5.61. The largest absolute Gasteiger partial charge is 0.484 e. The summed E-state index contributed by atoms with van der Waals surface area (Å²) in [5.74, 6) is -1.60. The zero-order chi connectivity index (χ0) is 21.5. The van der Waals surface area contributed by atoms with Gasteiger partial charge in [-0.05, 0) is 44.2 Å². The predicted molar refractivity (Wildman–Crippen MR) is 103 cm³/mol. The van der Waals surface area contributed by atoms with Crippen LogP contribution in [0.15, 0.2) is 18.2 Å². The summed E-state index contributed by atoms with van der Waals surface area (Å²) in [5, 5.41) is 8.81. The first kappa shape index (κ1) is 21.2. The fourth-order valence-corrected chi connectivity index (χ4v) is 4.88. The Labute approximate surface area is 176 Å². The highest BCUT2D eigenvalue weighted by molar-refractivity contribution is 6.30. The molecule has 5 rings (SSSR count). The summed E-state index contributed by atoms with van der Waals surface area (Å²) in [6.45, 7) is -0.111. The fraction of sp³-hybridized carbons (Fsp3) is 0.600. The number of carbonyl (C=O) groups is 2. The van der Waals surface area contributed by atoms with Gasteiger partial charge < -0.3 is 20.7 Å². The maximum absolute atomic E-state index is 13.4. The zero-order valence-corrected chi connectivity index (χ0v) is 16.9. The van der Waals surface area contributed by atoms with Crippen LogP contribution >= 0.6 is 11.6 Å². The Hall–Kier alpha value is -2.00. The van der Waals surface area contributed by atoms with Crippen LogP contribution in [0, 0.1) is 11.7 Å². The zero-order valence-electron chi connectivity index (χ0n) is 16.2. The molecule has 0 aromatic heterocycles. The minimum atomic E-state index is -2.37. The Morgan fingerprint density at radius 1 is 1.20 bits per heavy atom. The molecule has 1 aliphatic heterocycles. The van der Waals surface area contributed by atoms with Gasteiger partial charge in [0.2, 0.25) is 12.3 Å². The Morgan fingerprint density at radius 3 is 2.50 bits per heavy atom. The van der Waals surface area contributed by atoms with Crippen molar-refractivity contribution in [1.29, 1.82) is 0 Å². The lowest BCUT2D eigenvalue weighted by molar-refractivity contribution is -0.152. The van der Waals surface area contributed by atoms with Crippen molar-refractivity contribution < 1.29 is 27.5 Å². The first-order chi connectivity index (χ1) is 14.2. The molecule has 10 heteroatoms. The molecule has 2 unspecified atom stereocenters. The first-order valence-electron chi connectivity index (χ1n) is 9.92. The molecule has 1 aromatic rings. The number of benzene rings is 1. The third kappa shape index (κ3) is 4.23. The second-order valence-corrected chi connectivity index (χ2v) is 9.03. The van der Waals surface area contributed by atoms with Crippen LogP contribution < -0.4 is 20.7 Å². The van der Waals surface area contributed by atoms with Crippen LogP contribution in [-0.4, -0.2) is 48.5 Å². The van der Waals surface area contributed by atoms with E-state index in [1.807, 2.05) is 0 Å². The van der Waals surface area contributed by atoms with Crippen LogP contribution in [0.4, 0.5) is 13.2 Å². The van der Waals surface area contributed by atoms with Gasteiger partial charge in [-0.15, -0.1) is 0 Å². The second-order valence-electron chi connectivity index (χ2n) is 8.63. The van der Waals surface area contributed by atoms with Crippen LogP contribution in [0.2, 0.25) is 5.02 Å². The van der Waals surface area contributed by atoms with Gasteiger partial charge in [0.1, 0.15) is 11.6 Å². The van der Waals surface area contributed by atoms with E-state index in [-0.39, 0.29) is 46.8 Å². The maximum Gasteiger partial charge on any atom is 0.258 e. The van der Waals surface area contributed by atoms with Crippen LogP contribution in [0.5, 0.6) is 5.75 Å². The Balaban J connectivity index is 1.18. The minimum absolute atomic E-state index is 0.0229. The number of hydrogen-bond acceptors (Lipinski definition) is 4. The number of hydrogen-bond donors (Lipinski definition) is 3. The third-order valence-corrected chi connectivity index (χ3v) is 6.52. The second kappa shape index (κ2) is 7.92. The molecule has 4 fully saturated rings. The number of carbonyl (C=O) groups excluding carboxylic acids is 2. The number of piperidine rings is 1. The Bertz CT molecular complexity index is 826. The number of nitrogens with one attached hydrogen (secondary N) is 3. The number of alkyl halides is 2. The van der Waals surface area contributed by atoms with Crippen LogP contribution in [0.1, 0.15) is 32.1 Å². The van der Waals surface area contributed by atoms with Crippen molar-refractivity contribution in [3.63, 3.8) is 0 Å². The van der Waals surface area contributed by atoms with E-state index in [0.717, 1.165) is 6.07 Å². The Morgan fingerprint density at radius 2 is 1.90 bits per heavy atom. The van der Waals surface area contributed by atoms with Gasteiger partial charge >= 0.3 is 0 Å². The van der Waals surface area contributed by atoms with E-state index in [0.29, 0.717) is 32.1 Å². The molecule has 2 amide bonds. The molecule has 1 saturated heterocycles. The van der Waals surface area contributed by atoms with Crippen LogP contribution in [0.3, 0.4) is 0 Å². The molecule has 4 aliphatic rings. The predicted octanol–water partition coefficient (Wildman–Crippen LogP) is 2.40. The molecule has 3 saturated carbocycles. The van der Waals surface area contributed by atoms with E-state index in [2.05, 4.69) is 16.0 Å². The van der Waals surface area contributed by atoms with Gasteiger partial charge in [0, 0.05) is 29.6 Å². The average Bonchev–Trinajstić information content (AvgIpc) is 2.66. The summed E-state index contributed by atoms with van der Waals surface area (Å²) in [6.07, 6.45) is 0.220. The Kier molecular flexibility index (Phi) is 5.61. The van der Waals surface area contributed by atoms with Crippen molar-refractivity contribution in [2.45, 2.75) is 55.6 Å². The molecular weight excluding hydrogens is 423 g/mol. The van der Waals surface area contributed by atoms with E-state index in [9.17, 15) is 22.8 Å². The number of halogens is 4. The number of rotatable bonds is 7. The van der Waals surface area contributed by atoms with Gasteiger partial charge in [0.15, 0.2) is 6.61 Å². The maximum atomic E-state index is 13.4. The number of ether oxygens (including phenoxy) is 1. The van der Waals surface area contributed by atoms with Gasteiger partial charge in [-0.2, -0.15) is 0 Å². The highest BCUT2D eigenvalue weighted by atomic mass is 35.5. The molecule has 3 aliphatic carbocycles. The summed E-state index contributed by atoms with van der Waals surface area (Å²) in [4.78, 5) is 24.6. The normalized spacial score (nSPS) is 32.0. The lowest BCUT2D eigenvalue weighted by atomic mass is 9.44. The standard InChI is InChI=1S/C20H23ClF3N3O3/c21-13-3-2-12(5-14(13)22)30-7-16(28)26-19-8-20(9-19,10-19)27-18(29)15-4-1-11(6-25-15)17(23)24/h2-3,5,11,15,17,25H,1,4,6-10H2,(H,26,28)(H,27,29). The first-order valence-corrected chi connectivity index (χ1v) is 10.3. The van der Waals surface area contributed by atoms with E-state index >= 15 is 0 Å². The van der Waals surface area contributed by atoms with Crippen molar-refractivity contribution in [1.82, 2.24) is 16.0 Å². The van der Waals surface area contributed by atoms with E-state index in [1.165, 1.54) is 12.1 Å². The highest BCUT2D eigenvalue weighted by Gasteiger charge is 2.69. The molecule has 0 radical (unpaired) electrons. The van der Waals surface area contributed by atoms with Gasteiger partial charge in [0.05, 0.1) is 11.1 Å². The van der Waals surface area contributed by atoms with Crippen molar-refractivity contribution in [2.24, 2.45) is 5.92 Å². The van der Waals surface area contributed by atoms with Gasteiger partial charge in [-0.3, -0.25) is 9.59 Å². The molecule has 164 valence electrons. The summed E-state index contributed by atoms with van der Waals surface area (Å²) in [7, 11) is 0. The summed E-state index contributed by atoms with van der Waals surface area (Å²) in [5.41, 5.74) is -0.675. The van der Waals surface area contributed by atoms with E-state index in [4.69, 9.17) is 16.3 Å². The van der Waals surface area contributed by atoms with E-state index in [1.54, 1.807) is 0 Å². The van der Waals surface area contributed by atoms with Gasteiger partial charge in [-0.1, -0.05) is 11.6 Å². The highest BCUT2D eigenvalue weighted by Crippen LogP contribution is 2.60. The van der Waals surface area contributed by atoms with Crippen LogP contribution in [-0.2, 0) is 9.59 Å². The molecule has 30 heavy (non-hydrogen) atoms. The van der Waals surface area contributed by atoms with Crippen LogP contribution in [0.25, 0.3) is 0 Å². The average molecular weight is 446 g/mol. The smallest absolute Gasteiger partial charge is 0.258 e. The summed E-state index contributed by atoms with van der Waals surface area (Å²) < 4.78 is 44.1. The molecule has 1 aromatic carbocycles. The molecule has 2 bridgehead atoms. The lowest BCUT2D eigenvalue weighted by Gasteiger charge is -2.70. The topological polar surface area (TPSA) is 79.5 Å². The molecule has 3 N–H and O–H groups in total. The quantitative estimate of drug-likeness (QED) is 0.602. The molecule has 2 atom stereocenters. The van der Waals surface area contributed by atoms with Crippen molar-refractivity contribution >= 4 is 23.4 Å². The lowest BCUT2D eigenvalue weighted by Crippen LogP contribution is -2.84. The monoisotopic (exact) mass is 445 g/mol. The number of amides is 2. The molecule has 0 spiro atoms. The fourth-order valence-electron chi connectivity index (χ4n) is 4.77. The van der Waals surface area contributed by atoms with Gasteiger partial charge in [-0.25, -0.2) is 13.2 Å². The van der Waals surface area contributed by atoms with E-state index < -0.39 is 24.2 Å². The molecule has 6 nitrogen and oxygen atoms in total.